The third kappa shape index (κ3) is 4.33. The van der Waals surface area contributed by atoms with E-state index in [1.807, 2.05) is 30.3 Å². The van der Waals surface area contributed by atoms with E-state index >= 15 is 0 Å². The Hall–Kier alpha value is -2.92. The number of hydrogen-bond donors (Lipinski definition) is 2. The number of nitrogens with zero attached hydrogens (tertiary/aromatic N) is 1. The van der Waals surface area contributed by atoms with Gasteiger partial charge in [0.15, 0.2) is 0 Å². The molecule has 1 aromatic heterocycles. The second kappa shape index (κ2) is 7.77. The van der Waals surface area contributed by atoms with Crippen molar-refractivity contribution in [1.82, 2.24) is 4.98 Å². The Labute approximate surface area is 149 Å². The summed E-state index contributed by atoms with van der Waals surface area (Å²) in [5, 5.41) is 5.83. The average Bonchev–Trinajstić information content (AvgIpc) is 2.62. The lowest BCUT2D eigenvalue weighted by Crippen LogP contribution is -2.15. The van der Waals surface area contributed by atoms with Crippen LogP contribution >= 0.6 is 11.6 Å². The molecule has 0 aliphatic rings. The molecule has 0 bridgehead atoms. The molecule has 0 fully saturated rings. The second-order valence-electron chi connectivity index (χ2n) is 5.32. The van der Waals surface area contributed by atoms with E-state index in [4.69, 9.17) is 11.6 Å². The number of pyridine rings is 1. The number of aromatic nitrogens is 1. The van der Waals surface area contributed by atoms with Crippen LogP contribution in [0.4, 0.5) is 15.9 Å². The molecule has 0 aliphatic carbocycles. The van der Waals surface area contributed by atoms with Gasteiger partial charge in [-0.2, -0.15) is 0 Å². The molecule has 3 rings (SSSR count). The Morgan fingerprint density at radius 1 is 1.04 bits per heavy atom. The fourth-order valence-corrected chi connectivity index (χ4v) is 2.51. The van der Waals surface area contributed by atoms with Crippen LogP contribution in [0.15, 0.2) is 66.9 Å². The van der Waals surface area contributed by atoms with Crippen LogP contribution in [0, 0.1) is 5.82 Å². The Bertz CT molecular complexity index is 849. The minimum Gasteiger partial charge on any atom is -0.380 e. The predicted molar refractivity (Wildman–Crippen MR) is 97.4 cm³/mol. The summed E-state index contributed by atoms with van der Waals surface area (Å²) in [4.78, 5) is 16.3. The van der Waals surface area contributed by atoms with Crippen LogP contribution in [0.3, 0.4) is 0 Å². The van der Waals surface area contributed by atoms with Crippen LogP contribution in [-0.2, 0) is 6.54 Å². The number of anilines is 2. The Kier molecular flexibility index (Phi) is 5.26. The van der Waals surface area contributed by atoms with Crippen LogP contribution in [-0.4, -0.2) is 10.9 Å². The van der Waals surface area contributed by atoms with Crippen molar-refractivity contribution in [2.24, 2.45) is 0 Å². The first-order chi connectivity index (χ1) is 12.1. The molecular formula is C19H15ClFN3O. The van der Waals surface area contributed by atoms with Gasteiger partial charge in [-0.05, 0) is 29.8 Å². The molecule has 0 saturated heterocycles. The number of halogens is 2. The highest BCUT2D eigenvalue weighted by atomic mass is 35.5. The van der Waals surface area contributed by atoms with Crippen molar-refractivity contribution < 1.29 is 9.18 Å². The van der Waals surface area contributed by atoms with Crippen LogP contribution in [0.1, 0.15) is 15.9 Å². The molecule has 0 spiro atoms. The normalized spacial score (nSPS) is 10.3. The molecule has 1 heterocycles. The average molecular weight is 356 g/mol. The molecule has 3 aromatic rings. The first kappa shape index (κ1) is 16.9. The molecule has 0 aliphatic heterocycles. The fraction of sp³-hybridized carbons (Fsp3) is 0.0526. The summed E-state index contributed by atoms with van der Waals surface area (Å²) < 4.78 is 13.8. The fourth-order valence-electron chi connectivity index (χ4n) is 2.27. The smallest absolute Gasteiger partial charge is 0.261 e. The van der Waals surface area contributed by atoms with Crippen molar-refractivity contribution in [3.8, 4) is 0 Å². The Balaban J connectivity index is 1.63. The van der Waals surface area contributed by atoms with Gasteiger partial charge in [0.1, 0.15) is 11.6 Å². The summed E-state index contributed by atoms with van der Waals surface area (Å²) in [6.45, 7) is 0.666. The topological polar surface area (TPSA) is 54.0 Å². The monoisotopic (exact) mass is 355 g/mol. The first-order valence-electron chi connectivity index (χ1n) is 7.63. The highest BCUT2D eigenvalue weighted by molar-refractivity contribution is 6.34. The molecule has 126 valence electrons. The van der Waals surface area contributed by atoms with E-state index in [0.717, 1.165) is 11.3 Å². The standard InChI is InChI=1S/C19H15ClFN3O/c20-15-7-4-8-16(21)18(15)19(25)24-17-10-9-14(12-23-17)22-11-13-5-2-1-3-6-13/h1-10,12,22H,11H2,(H,23,24,25). The van der Waals surface area contributed by atoms with E-state index in [2.05, 4.69) is 15.6 Å². The third-order valence-electron chi connectivity index (χ3n) is 3.53. The zero-order valence-electron chi connectivity index (χ0n) is 13.2. The minimum absolute atomic E-state index is 0.0543. The number of rotatable bonds is 5. The Morgan fingerprint density at radius 3 is 2.52 bits per heavy atom. The molecule has 2 N–H and O–H groups in total. The highest BCUT2D eigenvalue weighted by Gasteiger charge is 2.16. The number of benzene rings is 2. The maximum Gasteiger partial charge on any atom is 0.261 e. The molecule has 2 aromatic carbocycles. The molecule has 25 heavy (non-hydrogen) atoms. The zero-order valence-corrected chi connectivity index (χ0v) is 13.9. The first-order valence-corrected chi connectivity index (χ1v) is 8.00. The quantitative estimate of drug-likeness (QED) is 0.695. The number of carbonyl (C=O) groups excluding carboxylic acids is 1. The maximum absolute atomic E-state index is 13.8. The van der Waals surface area contributed by atoms with Crippen LogP contribution < -0.4 is 10.6 Å². The van der Waals surface area contributed by atoms with E-state index < -0.39 is 11.7 Å². The maximum atomic E-state index is 13.8. The van der Waals surface area contributed by atoms with Gasteiger partial charge in [-0.3, -0.25) is 4.79 Å². The van der Waals surface area contributed by atoms with Crippen molar-refractivity contribution in [2.75, 3.05) is 10.6 Å². The van der Waals surface area contributed by atoms with Gasteiger partial charge in [0.05, 0.1) is 22.5 Å². The van der Waals surface area contributed by atoms with Gasteiger partial charge in [-0.25, -0.2) is 9.37 Å². The van der Waals surface area contributed by atoms with E-state index in [1.54, 1.807) is 18.3 Å². The molecule has 1 amide bonds. The highest BCUT2D eigenvalue weighted by Crippen LogP contribution is 2.20. The van der Waals surface area contributed by atoms with Crippen LogP contribution in [0.2, 0.25) is 5.02 Å². The largest absolute Gasteiger partial charge is 0.380 e. The minimum atomic E-state index is -0.675. The molecule has 4 nitrogen and oxygen atoms in total. The van der Waals surface area contributed by atoms with Crippen molar-refractivity contribution in [1.29, 1.82) is 0 Å². The van der Waals surface area contributed by atoms with Gasteiger partial charge in [0.25, 0.3) is 5.91 Å². The van der Waals surface area contributed by atoms with Gasteiger partial charge in [-0.15, -0.1) is 0 Å². The van der Waals surface area contributed by atoms with E-state index in [0.29, 0.717) is 12.4 Å². The van der Waals surface area contributed by atoms with Crippen molar-refractivity contribution in [2.45, 2.75) is 6.54 Å². The van der Waals surface area contributed by atoms with Gasteiger partial charge in [-0.1, -0.05) is 48.0 Å². The number of amides is 1. The lowest BCUT2D eigenvalue weighted by Gasteiger charge is -2.09. The summed E-state index contributed by atoms with van der Waals surface area (Å²) in [5.74, 6) is -0.999. The second-order valence-corrected chi connectivity index (χ2v) is 5.73. The Morgan fingerprint density at radius 2 is 1.84 bits per heavy atom. The zero-order chi connectivity index (χ0) is 17.6. The summed E-state index contributed by atoms with van der Waals surface area (Å²) in [7, 11) is 0. The molecule has 0 radical (unpaired) electrons. The van der Waals surface area contributed by atoms with Crippen molar-refractivity contribution in [3.63, 3.8) is 0 Å². The van der Waals surface area contributed by atoms with Crippen molar-refractivity contribution in [3.05, 3.63) is 88.8 Å². The SMILES string of the molecule is O=C(Nc1ccc(NCc2ccccc2)cn1)c1c(F)cccc1Cl. The van der Waals surface area contributed by atoms with Crippen LogP contribution in [0.25, 0.3) is 0 Å². The molecule has 0 saturated carbocycles. The number of hydrogen-bond acceptors (Lipinski definition) is 3. The van der Waals surface area contributed by atoms with Crippen molar-refractivity contribution >= 4 is 29.0 Å². The molecule has 0 unspecified atom stereocenters. The predicted octanol–water partition coefficient (Wildman–Crippen LogP) is 4.74. The van der Waals surface area contributed by atoms with Gasteiger partial charge >= 0.3 is 0 Å². The van der Waals surface area contributed by atoms with E-state index in [-0.39, 0.29) is 10.6 Å². The van der Waals surface area contributed by atoms with Crippen LogP contribution in [0.5, 0.6) is 0 Å². The lowest BCUT2D eigenvalue weighted by atomic mass is 10.2. The van der Waals surface area contributed by atoms with E-state index in [9.17, 15) is 9.18 Å². The summed E-state index contributed by atoms with van der Waals surface area (Å²) in [6.07, 6.45) is 1.60. The third-order valence-corrected chi connectivity index (χ3v) is 3.85. The number of carbonyl (C=O) groups is 1. The van der Waals surface area contributed by atoms with Gasteiger partial charge in [0, 0.05) is 6.54 Å². The van der Waals surface area contributed by atoms with Gasteiger partial charge < -0.3 is 10.6 Å². The molecular weight excluding hydrogens is 341 g/mol. The molecule has 0 atom stereocenters. The summed E-state index contributed by atoms with van der Waals surface area (Å²) >= 11 is 5.88. The van der Waals surface area contributed by atoms with E-state index in [1.165, 1.54) is 18.2 Å². The van der Waals surface area contributed by atoms with Gasteiger partial charge in [0.2, 0.25) is 0 Å². The summed E-state index contributed by atoms with van der Waals surface area (Å²) in [6, 6.07) is 17.5. The summed E-state index contributed by atoms with van der Waals surface area (Å²) in [5.41, 5.74) is 1.76. The number of nitrogens with one attached hydrogen (secondary N) is 2. The lowest BCUT2D eigenvalue weighted by molar-refractivity contribution is 0.102. The molecule has 6 heteroatoms.